The van der Waals surface area contributed by atoms with Gasteiger partial charge in [-0.25, -0.2) is 4.79 Å². The van der Waals surface area contributed by atoms with E-state index in [1.54, 1.807) is 33.3 Å². The van der Waals surface area contributed by atoms with Crippen LogP contribution in [0.15, 0.2) is 36.4 Å². The monoisotopic (exact) mass is 387 g/mol. The number of hydrogen-bond acceptors (Lipinski definition) is 6. The van der Waals surface area contributed by atoms with Gasteiger partial charge in [0.2, 0.25) is 0 Å². The fourth-order valence-electron chi connectivity index (χ4n) is 3.31. The van der Waals surface area contributed by atoms with E-state index < -0.39 is 0 Å². The van der Waals surface area contributed by atoms with E-state index in [1.807, 2.05) is 36.4 Å². The Labute approximate surface area is 164 Å². The van der Waals surface area contributed by atoms with Gasteiger partial charge >= 0.3 is 6.09 Å². The summed E-state index contributed by atoms with van der Waals surface area (Å²) in [5, 5.41) is 0. The van der Waals surface area contributed by atoms with Gasteiger partial charge in [0.05, 0.1) is 34.5 Å². The van der Waals surface area contributed by atoms with Crippen LogP contribution in [-0.2, 0) is 17.7 Å². The smallest absolute Gasteiger partial charge is 0.410 e. The van der Waals surface area contributed by atoms with Crippen LogP contribution in [0.5, 0.6) is 23.0 Å². The van der Waals surface area contributed by atoms with Gasteiger partial charge in [-0.05, 0) is 41.8 Å². The van der Waals surface area contributed by atoms with Crippen molar-refractivity contribution in [2.75, 3.05) is 35.0 Å². The van der Waals surface area contributed by atoms with Gasteiger partial charge in [0.25, 0.3) is 0 Å². The number of amides is 1. The number of carbonyl (C=O) groups is 1. The maximum absolute atomic E-state index is 12.3. The summed E-state index contributed by atoms with van der Waals surface area (Å²) >= 11 is 0. The lowest BCUT2D eigenvalue weighted by Crippen LogP contribution is -2.34. The van der Waals surface area contributed by atoms with Crippen LogP contribution in [0.25, 0.3) is 0 Å². The van der Waals surface area contributed by atoms with Crippen LogP contribution in [0, 0.1) is 0 Å². The zero-order chi connectivity index (χ0) is 20.1. The molecule has 1 unspecified atom stereocenters. The third-order valence-corrected chi connectivity index (χ3v) is 4.79. The number of carbonyl (C=O) groups excluding carboxylic acids is 1. The first-order valence-electron chi connectivity index (χ1n) is 8.94. The van der Waals surface area contributed by atoms with Crippen LogP contribution >= 0.6 is 0 Å². The minimum atomic E-state index is -0.319. The first-order valence-corrected chi connectivity index (χ1v) is 8.94. The number of ether oxygens (including phenoxy) is 5. The molecule has 2 aromatic rings. The molecule has 150 valence electrons. The van der Waals surface area contributed by atoms with Crippen molar-refractivity contribution in [3.05, 3.63) is 47.5 Å². The third kappa shape index (κ3) is 4.08. The minimum absolute atomic E-state index is 0.0707. The quantitative estimate of drug-likeness (QED) is 0.693. The summed E-state index contributed by atoms with van der Waals surface area (Å²) in [6, 6.07) is 11.3. The second-order valence-corrected chi connectivity index (χ2v) is 6.44. The summed E-state index contributed by atoms with van der Waals surface area (Å²) in [6.45, 7) is 0.775. The molecule has 0 aromatic heterocycles. The molecule has 1 saturated heterocycles. The highest BCUT2D eigenvalue weighted by Gasteiger charge is 2.33. The van der Waals surface area contributed by atoms with Crippen LogP contribution in [0.2, 0.25) is 0 Å². The van der Waals surface area contributed by atoms with Gasteiger partial charge in [-0.15, -0.1) is 0 Å². The van der Waals surface area contributed by atoms with E-state index in [0.29, 0.717) is 42.6 Å². The first kappa shape index (κ1) is 19.7. The van der Waals surface area contributed by atoms with Crippen LogP contribution in [-0.4, -0.2) is 52.1 Å². The second-order valence-electron chi connectivity index (χ2n) is 6.44. The molecule has 1 atom stereocenters. The highest BCUT2D eigenvalue weighted by molar-refractivity contribution is 5.70. The van der Waals surface area contributed by atoms with E-state index in [4.69, 9.17) is 23.7 Å². The summed E-state index contributed by atoms with van der Waals surface area (Å²) in [6.07, 6.45) is 0.333. The molecule has 1 aliphatic rings. The molecule has 1 aliphatic heterocycles. The Bertz CT molecular complexity index is 838. The molecule has 0 radical (unpaired) electrons. The molecule has 0 aliphatic carbocycles. The molecule has 7 heteroatoms. The summed E-state index contributed by atoms with van der Waals surface area (Å²) in [5.41, 5.74) is 1.98. The van der Waals surface area contributed by atoms with Crippen LogP contribution in [0.1, 0.15) is 11.1 Å². The average molecular weight is 387 g/mol. The van der Waals surface area contributed by atoms with Gasteiger partial charge in [-0.1, -0.05) is 12.1 Å². The standard InChI is InChI=1S/C21H25NO6/c1-24-17-7-5-14(10-19(17)26-3)9-16-13-28-21(23)22(16)12-15-6-8-18(25-2)20(11-15)27-4/h5-8,10-11,16H,9,12-13H2,1-4H3. The molecule has 1 amide bonds. The highest BCUT2D eigenvalue weighted by Crippen LogP contribution is 2.31. The Morgan fingerprint density at radius 1 is 0.857 bits per heavy atom. The molecule has 28 heavy (non-hydrogen) atoms. The highest BCUT2D eigenvalue weighted by atomic mass is 16.6. The predicted octanol–water partition coefficient (Wildman–Crippen LogP) is 3.28. The number of rotatable bonds is 8. The Morgan fingerprint density at radius 3 is 1.96 bits per heavy atom. The number of hydrogen-bond donors (Lipinski definition) is 0. The SMILES string of the molecule is COc1ccc(CC2COC(=O)N2Cc2ccc(OC)c(OC)c2)cc1OC. The molecule has 2 aromatic carbocycles. The van der Waals surface area contributed by atoms with Crippen molar-refractivity contribution in [2.24, 2.45) is 0 Å². The Morgan fingerprint density at radius 2 is 1.39 bits per heavy atom. The fraction of sp³-hybridized carbons (Fsp3) is 0.381. The molecule has 0 bridgehead atoms. The van der Waals surface area contributed by atoms with Crippen molar-refractivity contribution < 1.29 is 28.5 Å². The Hall–Kier alpha value is -3.09. The molecular weight excluding hydrogens is 362 g/mol. The minimum Gasteiger partial charge on any atom is -0.493 e. The van der Waals surface area contributed by atoms with Crippen LogP contribution in [0.4, 0.5) is 4.79 Å². The number of benzene rings is 2. The zero-order valence-corrected chi connectivity index (χ0v) is 16.6. The molecular formula is C21H25NO6. The van der Waals surface area contributed by atoms with Gasteiger partial charge in [0, 0.05) is 6.54 Å². The van der Waals surface area contributed by atoms with Crippen LogP contribution < -0.4 is 18.9 Å². The summed E-state index contributed by atoms with van der Waals surface area (Å²) < 4.78 is 26.6. The normalized spacial score (nSPS) is 15.9. The number of cyclic esters (lactones) is 1. The maximum Gasteiger partial charge on any atom is 0.410 e. The Kier molecular flexibility index (Phi) is 6.13. The van der Waals surface area contributed by atoms with E-state index in [0.717, 1.165) is 11.1 Å². The van der Waals surface area contributed by atoms with Crippen molar-refractivity contribution in [2.45, 2.75) is 19.0 Å². The van der Waals surface area contributed by atoms with Gasteiger partial charge in [-0.2, -0.15) is 0 Å². The van der Waals surface area contributed by atoms with Crippen molar-refractivity contribution in [3.63, 3.8) is 0 Å². The molecule has 3 rings (SSSR count). The van der Waals surface area contributed by atoms with Gasteiger partial charge in [0.1, 0.15) is 6.61 Å². The lowest BCUT2D eigenvalue weighted by molar-refractivity contribution is 0.156. The molecule has 0 N–H and O–H groups in total. The lowest BCUT2D eigenvalue weighted by Gasteiger charge is -2.22. The van der Waals surface area contributed by atoms with Gasteiger partial charge in [-0.3, -0.25) is 4.90 Å². The molecule has 1 fully saturated rings. The van der Waals surface area contributed by atoms with Crippen molar-refractivity contribution in [3.8, 4) is 23.0 Å². The van der Waals surface area contributed by atoms with E-state index in [-0.39, 0.29) is 12.1 Å². The van der Waals surface area contributed by atoms with Crippen molar-refractivity contribution in [1.82, 2.24) is 4.90 Å². The molecule has 0 saturated carbocycles. The van der Waals surface area contributed by atoms with Crippen molar-refractivity contribution in [1.29, 1.82) is 0 Å². The Balaban J connectivity index is 1.76. The number of nitrogens with zero attached hydrogens (tertiary/aromatic N) is 1. The third-order valence-electron chi connectivity index (χ3n) is 4.79. The summed E-state index contributed by atoms with van der Waals surface area (Å²) in [5.74, 6) is 2.62. The second kappa shape index (κ2) is 8.73. The van der Waals surface area contributed by atoms with E-state index in [9.17, 15) is 4.79 Å². The molecule has 1 heterocycles. The number of methoxy groups -OCH3 is 4. The summed E-state index contributed by atoms with van der Waals surface area (Å²) in [4.78, 5) is 14.0. The largest absolute Gasteiger partial charge is 0.493 e. The average Bonchev–Trinajstić information content (AvgIpc) is 3.06. The van der Waals surface area contributed by atoms with E-state index in [1.165, 1.54) is 0 Å². The molecule has 7 nitrogen and oxygen atoms in total. The van der Waals surface area contributed by atoms with Crippen molar-refractivity contribution >= 4 is 6.09 Å². The van der Waals surface area contributed by atoms with Gasteiger partial charge in [0.15, 0.2) is 23.0 Å². The van der Waals surface area contributed by atoms with E-state index in [2.05, 4.69) is 0 Å². The van der Waals surface area contributed by atoms with Gasteiger partial charge < -0.3 is 23.7 Å². The molecule has 0 spiro atoms. The fourth-order valence-corrected chi connectivity index (χ4v) is 3.31. The first-order chi connectivity index (χ1) is 13.6. The van der Waals surface area contributed by atoms with E-state index >= 15 is 0 Å². The van der Waals surface area contributed by atoms with Crippen LogP contribution in [0.3, 0.4) is 0 Å². The topological polar surface area (TPSA) is 66.5 Å². The lowest BCUT2D eigenvalue weighted by atomic mass is 10.0. The zero-order valence-electron chi connectivity index (χ0n) is 16.6. The summed E-state index contributed by atoms with van der Waals surface area (Å²) in [7, 11) is 6.39. The maximum atomic E-state index is 12.3. The predicted molar refractivity (Wildman–Crippen MR) is 103 cm³/mol.